The van der Waals surface area contributed by atoms with Crippen LogP contribution in [0.4, 0.5) is 0 Å². The van der Waals surface area contributed by atoms with Crippen LogP contribution in [-0.4, -0.2) is 11.1 Å². The van der Waals surface area contributed by atoms with E-state index in [1.165, 1.54) is 0 Å². The molecule has 4 heteroatoms. The molecule has 1 aliphatic carbocycles. The van der Waals surface area contributed by atoms with Crippen LogP contribution >= 0.6 is 27.5 Å². The maximum Gasteiger partial charge on any atom is 0.314 e. The molecule has 0 aliphatic heterocycles. The topological polar surface area (TPSA) is 37.3 Å². The standard InChI is InChI=1S/C12H12BrClO2/c13-10-7-8(14)3-4-9(10)12(11(15)16)5-1-2-6-12/h3-4,7H,1-2,5-6H2,(H,15,16). The van der Waals surface area contributed by atoms with Gasteiger partial charge in [-0.3, -0.25) is 4.79 Å². The molecule has 1 aromatic rings. The molecule has 86 valence electrons. The van der Waals surface area contributed by atoms with Crippen LogP contribution in [0.15, 0.2) is 22.7 Å². The van der Waals surface area contributed by atoms with Gasteiger partial charge in [0.05, 0.1) is 5.41 Å². The highest BCUT2D eigenvalue weighted by molar-refractivity contribution is 9.10. The van der Waals surface area contributed by atoms with Crippen LogP contribution in [0, 0.1) is 0 Å². The minimum Gasteiger partial charge on any atom is -0.481 e. The third kappa shape index (κ3) is 1.87. The first kappa shape index (κ1) is 11.9. The first-order valence-corrected chi connectivity index (χ1v) is 6.42. The molecular weight excluding hydrogens is 291 g/mol. The van der Waals surface area contributed by atoms with E-state index in [-0.39, 0.29) is 0 Å². The smallest absolute Gasteiger partial charge is 0.314 e. The number of halogens is 2. The number of aliphatic carboxylic acids is 1. The van der Waals surface area contributed by atoms with Crippen molar-refractivity contribution in [1.82, 2.24) is 0 Å². The lowest BCUT2D eigenvalue weighted by Gasteiger charge is -2.25. The first-order chi connectivity index (χ1) is 7.56. The highest BCUT2D eigenvalue weighted by Gasteiger charge is 2.43. The number of carbonyl (C=O) groups is 1. The van der Waals surface area contributed by atoms with Gasteiger partial charge in [-0.15, -0.1) is 0 Å². The van der Waals surface area contributed by atoms with Crippen molar-refractivity contribution in [1.29, 1.82) is 0 Å². The predicted molar refractivity (Wildman–Crippen MR) is 66.9 cm³/mol. The molecule has 2 nitrogen and oxygen atoms in total. The molecule has 0 bridgehead atoms. The summed E-state index contributed by atoms with van der Waals surface area (Å²) in [4.78, 5) is 11.5. The van der Waals surface area contributed by atoms with Crippen molar-refractivity contribution in [3.05, 3.63) is 33.3 Å². The van der Waals surface area contributed by atoms with Crippen molar-refractivity contribution in [3.63, 3.8) is 0 Å². The minimum atomic E-state index is -0.729. The lowest BCUT2D eigenvalue weighted by Crippen LogP contribution is -2.32. The van der Waals surface area contributed by atoms with Crippen LogP contribution in [0.5, 0.6) is 0 Å². The van der Waals surface area contributed by atoms with Crippen LogP contribution in [0.2, 0.25) is 5.02 Å². The van der Waals surface area contributed by atoms with Gasteiger partial charge < -0.3 is 5.11 Å². The number of hydrogen-bond acceptors (Lipinski definition) is 1. The summed E-state index contributed by atoms with van der Waals surface area (Å²) in [7, 11) is 0. The van der Waals surface area contributed by atoms with Crippen molar-refractivity contribution >= 4 is 33.5 Å². The van der Waals surface area contributed by atoms with Gasteiger partial charge in [0.25, 0.3) is 0 Å². The van der Waals surface area contributed by atoms with Crippen LogP contribution in [0.25, 0.3) is 0 Å². The van der Waals surface area contributed by atoms with Gasteiger partial charge in [0.1, 0.15) is 0 Å². The van der Waals surface area contributed by atoms with E-state index < -0.39 is 11.4 Å². The fraction of sp³-hybridized carbons (Fsp3) is 0.417. The molecule has 0 aromatic heterocycles. The minimum absolute atomic E-state index is 0.620. The summed E-state index contributed by atoms with van der Waals surface area (Å²) in [5.41, 5.74) is 0.130. The Morgan fingerprint density at radius 2 is 2.00 bits per heavy atom. The molecule has 0 amide bonds. The third-order valence-corrected chi connectivity index (χ3v) is 4.20. The molecule has 0 atom stereocenters. The molecule has 2 rings (SSSR count). The second-order valence-corrected chi connectivity index (χ2v) is 5.51. The van der Waals surface area contributed by atoms with Crippen molar-refractivity contribution in [2.45, 2.75) is 31.1 Å². The normalized spacial score (nSPS) is 18.6. The van der Waals surface area contributed by atoms with E-state index in [2.05, 4.69) is 15.9 Å². The summed E-state index contributed by atoms with van der Waals surface area (Å²) in [6.45, 7) is 0. The summed E-state index contributed by atoms with van der Waals surface area (Å²) in [5, 5.41) is 10.1. The van der Waals surface area contributed by atoms with Crippen LogP contribution in [-0.2, 0) is 10.2 Å². The molecule has 1 fully saturated rings. The zero-order valence-electron chi connectivity index (χ0n) is 8.67. The van der Waals surface area contributed by atoms with Gasteiger partial charge in [0, 0.05) is 9.50 Å². The summed E-state index contributed by atoms with van der Waals surface area (Å²) in [6.07, 6.45) is 3.37. The van der Waals surface area contributed by atoms with E-state index in [0.717, 1.165) is 22.9 Å². The summed E-state index contributed by atoms with van der Waals surface area (Å²) >= 11 is 9.28. The second-order valence-electron chi connectivity index (χ2n) is 4.22. The SMILES string of the molecule is O=C(O)C1(c2ccc(Cl)cc2Br)CCCC1. The second kappa shape index (κ2) is 4.38. The highest BCUT2D eigenvalue weighted by Crippen LogP contribution is 2.44. The first-order valence-electron chi connectivity index (χ1n) is 5.25. The Kier molecular flexibility index (Phi) is 3.27. The molecule has 0 saturated heterocycles. The average molecular weight is 304 g/mol. The summed E-state index contributed by atoms with van der Waals surface area (Å²) < 4.78 is 0.796. The monoisotopic (exact) mass is 302 g/mol. The Bertz CT molecular complexity index is 425. The van der Waals surface area contributed by atoms with Gasteiger partial charge in [0.2, 0.25) is 0 Å². The zero-order valence-corrected chi connectivity index (χ0v) is 11.0. The number of carboxylic acid groups (broad SMARTS) is 1. The quantitative estimate of drug-likeness (QED) is 0.896. The summed E-state index contributed by atoms with van der Waals surface area (Å²) in [5.74, 6) is -0.729. The van der Waals surface area contributed by atoms with Gasteiger partial charge in [-0.2, -0.15) is 0 Å². The van der Waals surface area contributed by atoms with Gasteiger partial charge in [0.15, 0.2) is 0 Å². The molecular formula is C12H12BrClO2. The predicted octanol–water partition coefficient (Wildman–Crippen LogP) is 4.00. The number of benzene rings is 1. The summed E-state index contributed by atoms with van der Waals surface area (Å²) in [6, 6.07) is 5.34. The van der Waals surface area contributed by atoms with Gasteiger partial charge in [-0.25, -0.2) is 0 Å². The van der Waals surface area contributed by atoms with E-state index in [0.29, 0.717) is 17.9 Å². The van der Waals surface area contributed by atoms with E-state index >= 15 is 0 Å². The van der Waals surface area contributed by atoms with Crippen molar-refractivity contribution in [3.8, 4) is 0 Å². The molecule has 1 aliphatic rings. The average Bonchev–Trinajstić information content (AvgIpc) is 2.67. The molecule has 0 heterocycles. The van der Waals surface area contributed by atoms with E-state index in [1.54, 1.807) is 12.1 Å². The van der Waals surface area contributed by atoms with Gasteiger partial charge >= 0.3 is 5.97 Å². The fourth-order valence-electron chi connectivity index (χ4n) is 2.45. The Labute approximate surface area is 108 Å². The zero-order chi connectivity index (χ0) is 11.8. The Balaban J connectivity index is 2.51. The van der Waals surface area contributed by atoms with Crippen LogP contribution in [0.1, 0.15) is 31.2 Å². The Hall–Kier alpha value is -0.540. The number of hydrogen-bond donors (Lipinski definition) is 1. The fourth-order valence-corrected chi connectivity index (χ4v) is 3.52. The molecule has 0 unspecified atom stereocenters. The molecule has 1 N–H and O–H groups in total. The Morgan fingerprint density at radius 1 is 1.38 bits per heavy atom. The molecule has 0 spiro atoms. The van der Waals surface area contributed by atoms with E-state index in [4.69, 9.17) is 11.6 Å². The number of rotatable bonds is 2. The van der Waals surface area contributed by atoms with Crippen molar-refractivity contribution in [2.24, 2.45) is 0 Å². The maximum absolute atomic E-state index is 11.5. The third-order valence-electron chi connectivity index (χ3n) is 3.31. The Morgan fingerprint density at radius 3 is 2.50 bits per heavy atom. The van der Waals surface area contributed by atoms with E-state index in [1.807, 2.05) is 6.07 Å². The molecule has 16 heavy (non-hydrogen) atoms. The van der Waals surface area contributed by atoms with Crippen molar-refractivity contribution in [2.75, 3.05) is 0 Å². The molecule has 1 aromatic carbocycles. The molecule has 1 saturated carbocycles. The molecule has 0 radical (unpaired) electrons. The maximum atomic E-state index is 11.5. The van der Waals surface area contributed by atoms with Gasteiger partial charge in [-0.05, 0) is 30.5 Å². The van der Waals surface area contributed by atoms with Crippen LogP contribution < -0.4 is 0 Å². The lowest BCUT2D eigenvalue weighted by molar-refractivity contribution is -0.143. The highest BCUT2D eigenvalue weighted by atomic mass is 79.9. The van der Waals surface area contributed by atoms with Crippen LogP contribution in [0.3, 0.4) is 0 Å². The number of carboxylic acids is 1. The lowest BCUT2D eigenvalue weighted by atomic mass is 9.79. The largest absolute Gasteiger partial charge is 0.481 e. The van der Waals surface area contributed by atoms with E-state index in [9.17, 15) is 9.90 Å². The van der Waals surface area contributed by atoms with Crippen molar-refractivity contribution < 1.29 is 9.90 Å². The van der Waals surface area contributed by atoms with Gasteiger partial charge in [-0.1, -0.05) is 46.4 Å².